The normalized spacial score (nSPS) is 17.7. The van der Waals surface area contributed by atoms with Crippen LogP contribution < -0.4 is 10.6 Å². The largest absolute Gasteiger partial charge is 0.338 e. The first-order chi connectivity index (χ1) is 8.90. The van der Waals surface area contributed by atoms with Gasteiger partial charge in [0.2, 0.25) is 16.0 Å². The molecule has 8 heteroatoms. The Hall–Kier alpha value is -1.25. The van der Waals surface area contributed by atoms with Crippen LogP contribution in [-0.2, 0) is 16.6 Å². The van der Waals surface area contributed by atoms with Gasteiger partial charge in [-0.3, -0.25) is 0 Å². The van der Waals surface area contributed by atoms with Crippen LogP contribution in [0.3, 0.4) is 0 Å². The maximum absolute atomic E-state index is 11.4. The first kappa shape index (κ1) is 14.2. The van der Waals surface area contributed by atoms with Gasteiger partial charge in [-0.15, -0.1) is 0 Å². The lowest BCUT2D eigenvalue weighted by atomic mass is 10.3. The van der Waals surface area contributed by atoms with E-state index in [0.717, 1.165) is 11.4 Å². The summed E-state index contributed by atoms with van der Waals surface area (Å²) >= 11 is 0. The van der Waals surface area contributed by atoms with E-state index in [1.54, 1.807) is 0 Å². The van der Waals surface area contributed by atoms with Crippen molar-refractivity contribution in [3.8, 4) is 0 Å². The summed E-state index contributed by atoms with van der Waals surface area (Å²) in [5.41, 5.74) is 7.27. The SMILES string of the molecule is Cc1cc(CN)nc(N2CCN(S(C)(=O)=O)CC2)n1. The lowest BCUT2D eigenvalue weighted by Gasteiger charge is -2.33. The zero-order chi connectivity index (χ0) is 14.0. The van der Waals surface area contributed by atoms with Gasteiger partial charge in [0.15, 0.2) is 0 Å². The zero-order valence-corrected chi connectivity index (χ0v) is 12.0. The Morgan fingerprint density at radius 2 is 1.89 bits per heavy atom. The Bertz CT molecular complexity index is 552. The van der Waals surface area contributed by atoms with Crippen molar-refractivity contribution < 1.29 is 8.42 Å². The van der Waals surface area contributed by atoms with Crippen molar-refractivity contribution >= 4 is 16.0 Å². The molecule has 1 saturated heterocycles. The number of nitrogens with zero attached hydrogens (tertiary/aromatic N) is 4. The minimum Gasteiger partial charge on any atom is -0.338 e. The second-order valence-electron chi connectivity index (χ2n) is 4.65. The lowest BCUT2D eigenvalue weighted by molar-refractivity contribution is 0.385. The maximum atomic E-state index is 11.4. The first-order valence-electron chi connectivity index (χ1n) is 6.15. The van der Waals surface area contributed by atoms with Gasteiger partial charge >= 0.3 is 0 Å². The molecule has 0 aromatic carbocycles. The summed E-state index contributed by atoms with van der Waals surface area (Å²) < 4.78 is 24.4. The molecule has 0 aliphatic carbocycles. The van der Waals surface area contributed by atoms with Gasteiger partial charge in [-0.05, 0) is 13.0 Å². The molecule has 1 fully saturated rings. The van der Waals surface area contributed by atoms with E-state index in [9.17, 15) is 8.42 Å². The molecular weight excluding hydrogens is 266 g/mol. The Balaban J connectivity index is 2.11. The van der Waals surface area contributed by atoms with E-state index >= 15 is 0 Å². The standard InChI is InChI=1S/C11H19N5O2S/c1-9-7-10(8-12)14-11(13-9)15-3-5-16(6-4-15)19(2,17)18/h7H,3-6,8,12H2,1-2H3. The van der Waals surface area contributed by atoms with Gasteiger partial charge in [0.1, 0.15) is 0 Å². The van der Waals surface area contributed by atoms with Crippen molar-refractivity contribution in [1.29, 1.82) is 0 Å². The molecule has 1 aromatic heterocycles. The number of hydrogen-bond donors (Lipinski definition) is 1. The molecule has 2 heterocycles. The van der Waals surface area contributed by atoms with Crippen molar-refractivity contribution in [3.05, 3.63) is 17.5 Å². The number of rotatable bonds is 3. The summed E-state index contributed by atoms with van der Waals surface area (Å²) in [5, 5.41) is 0. The van der Waals surface area contributed by atoms with Gasteiger partial charge < -0.3 is 10.6 Å². The Morgan fingerprint density at radius 1 is 1.26 bits per heavy atom. The third-order valence-corrected chi connectivity index (χ3v) is 4.40. The molecule has 0 saturated carbocycles. The number of aromatic nitrogens is 2. The fraction of sp³-hybridized carbons (Fsp3) is 0.636. The molecule has 0 amide bonds. The zero-order valence-electron chi connectivity index (χ0n) is 11.2. The van der Waals surface area contributed by atoms with Crippen LogP contribution in [0.2, 0.25) is 0 Å². The van der Waals surface area contributed by atoms with E-state index in [-0.39, 0.29) is 0 Å². The number of sulfonamides is 1. The minimum absolute atomic E-state index is 0.375. The Labute approximate surface area is 113 Å². The van der Waals surface area contributed by atoms with Crippen LogP contribution in [0.5, 0.6) is 0 Å². The molecule has 19 heavy (non-hydrogen) atoms. The van der Waals surface area contributed by atoms with E-state index in [2.05, 4.69) is 9.97 Å². The summed E-state index contributed by atoms with van der Waals surface area (Å²) in [6.07, 6.45) is 1.23. The molecule has 1 aromatic rings. The summed E-state index contributed by atoms with van der Waals surface area (Å²) in [5.74, 6) is 0.633. The van der Waals surface area contributed by atoms with E-state index in [0.29, 0.717) is 38.7 Å². The quantitative estimate of drug-likeness (QED) is 0.791. The number of hydrogen-bond acceptors (Lipinski definition) is 6. The molecule has 0 unspecified atom stereocenters. The van der Waals surface area contributed by atoms with Gasteiger partial charge in [-0.2, -0.15) is 4.31 Å². The second-order valence-corrected chi connectivity index (χ2v) is 6.64. The maximum Gasteiger partial charge on any atom is 0.225 e. The van der Waals surface area contributed by atoms with Crippen molar-refractivity contribution in [2.75, 3.05) is 37.3 Å². The molecule has 0 radical (unpaired) electrons. The monoisotopic (exact) mass is 285 g/mol. The van der Waals surface area contributed by atoms with Crippen LogP contribution >= 0.6 is 0 Å². The van der Waals surface area contributed by atoms with Crippen molar-refractivity contribution in [3.63, 3.8) is 0 Å². The Morgan fingerprint density at radius 3 is 2.42 bits per heavy atom. The first-order valence-corrected chi connectivity index (χ1v) is 7.99. The van der Waals surface area contributed by atoms with Crippen LogP contribution in [0.1, 0.15) is 11.4 Å². The molecule has 7 nitrogen and oxygen atoms in total. The van der Waals surface area contributed by atoms with Gasteiger partial charge in [0, 0.05) is 38.4 Å². The molecule has 0 bridgehead atoms. The highest BCUT2D eigenvalue weighted by molar-refractivity contribution is 7.88. The summed E-state index contributed by atoms with van der Waals surface area (Å²) in [6.45, 7) is 4.40. The highest BCUT2D eigenvalue weighted by Gasteiger charge is 2.24. The van der Waals surface area contributed by atoms with E-state index in [1.165, 1.54) is 10.6 Å². The van der Waals surface area contributed by atoms with Gasteiger partial charge in [0.25, 0.3) is 0 Å². The predicted octanol–water partition coefficient (Wildman–Crippen LogP) is -0.675. The lowest BCUT2D eigenvalue weighted by Crippen LogP contribution is -2.49. The van der Waals surface area contributed by atoms with E-state index in [1.807, 2.05) is 17.9 Å². The molecule has 0 spiro atoms. The van der Waals surface area contributed by atoms with Gasteiger partial charge in [-0.25, -0.2) is 18.4 Å². The Kier molecular flexibility index (Phi) is 4.02. The third kappa shape index (κ3) is 3.40. The average Bonchev–Trinajstić information content (AvgIpc) is 2.37. The summed E-state index contributed by atoms with van der Waals surface area (Å²) in [7, 11) is -3.11. The molecule has 0 atom stereocenters. The van der Waals surface area contributed by atoms with Crippen LogP contribution in [0.25, 0.3) is 0 Å². The highest BCUT2D eigenvalue weighted by atomic mass is 32.2. The number of nitrogens with two attached hydrogens (primary N) is 1. The molecule has 2 rings (SSSR count). The number of anilines is 1. The smallest absolute Gasteiger partial charge is 0.225 e. The van der Waals surface area contributed by atoms with E-state index in [4.69, 9.17) is 5.73 Å². The van der Waals surface area contributed by atoms with Crippen LogP contribution in [0.15, 0.2) is 6.07 Å². The fourth-order valence-electron chi connectivity index (χ4n) is 2.08. The molecular formula is C11H19N5O2S. The topological polar surface area (TPSA) is 92.4 Å². The highest BCUT2D eigenvalue weighted by Crippen LogP contribution is 2.14. The van der Waals surface area contributed by atoms with Crippen molar-refractivity contribution in [2.45, 2.75) is 13.5 Å². The fourth-order valence-corrected chi connectivity index (χ4v) is 2.91. The van der Waals surface area contributed by atoms with Crippen molar-refractivity contribution in [1.82, 2.24) is 14.3 Å². The number of aryl methyl sites for hydroxylation is 1. The average molecular weight is 285 g/mol. The van der Waals surface area contributed by atoms with Crippen LogP contribution in [0.4, 0.5) is 5.95 Å². The van der Waals surface area contributed by atoms with Crippen molar-refractivity contribution in [2.24, 2.45) is 5.73 Å². The van der Waals surface area contributed by atoms with Crippen LogP contribution in [0, 0.1) is 6.92 Å². The number of piperazine rings is 1. The summed E-state index contributed by atoms with van der Waals surface area (Å²) in [4.78, 5) is 10.8. The van der Waals surface area contributed by atoms with E-state index < -0.39 is 10.0 Å². The second kappa shape index (κ2) is 5.40. The van der Waals surface area contributed by atoms with Crippen LogP contribution in [-0.4, -0.2) is 55.1 Å². The van der Waals surface area contributed by atoms with Gasteiger partial charge in [0.05, 0.1) is 11.9 Å². The molecule has 1 aliphatic rings. The molecule has 2 N–H and O–H groups in total. The summed E-state index contributed by atoms with van der Waals surface area (Å²) in [6, 6.07) is 1.86. The third-order valence-electron chi connectivity index (χ3n) is 3.10. The van der Waals surface area contributed by atoms with Gasteiger partial charge in [-0.1, -0.05) is 0 Å². The molecule has 1 aliphatic heterocycles. The predicted molar refractivity (Wildman–Crippen MR) is 73.3 cm³/mol. The molecule has 106 valence electrons. The minimum atomic E-state index is -3.11.